The molecule has 1 aliphatic rings. The van der Waals surface area contributed by atoms with Crippen LogP contribution >= 0.6 is 0 Å². The quantitative estimate of drug-likeness (QED) is 0.750. The highest BCUT2D eigenvalue weighted by molar-refractivity contribution is 7.90. The molecule has 1 rings (SSSR count). The molecule has 1 atom stereocenters. The highest BCUT2D eigenvalue weighted by Gasteiger charge is 2.14. The van der Waals surface area contributed by atoms with Gasteiger partial charge in [0.2, 0.25) is 0 Å². The van der Waals surface area contributed by atoms with E-state index in [1.165, 1.54) is 12.7 Å². The van der Waals surface area contributed by atoms with E-state index in [0.29, 0.717) is 12.6 Å². The van der Waals surface area contributed by atoms with Crippen molar-refractivity contribution < 1.29 is 8.42 Å². The fourth-order valence-electron chi connectivity index (χ4n) is 1.89. The molecule has 0 radical (unpaired) electrons. The van der Waals surface area contributed by atoms with E-state index in [2.05, 4.69) is 17.3 Å². The Morgan fingerprint density at radius 1 is 1.33 bits per heavy atom. The number of hydrogen-bond donors (Lipinski definition) is 1. The lowest BCUT2D eigenvalue weighted by Crippen LogP contribution is -2.33. The van der Waals surface area contributed by atoms with Crippen LogP contribution in [0.3, 0.4) is 0 Å². The van der Waals surface area contributed by atoms with Gasteiger partial charge in [-0.3, -0.25) is 0 Å². The first kappa shape index (κ1) is 12.9. The molecule has 1 fully saturated rings. The van der Waals surface area contributed by atoms with Crippen LogP contribution in [0.5, 0.6) is 0 Å². The summed E-state index contributed by atoms with van der Waals surface area (Å²) in [6, 6.07) is 0.497. The van der Waals surface area contributed by atoms with E-state index in [9.17, 15) is 8.42 Å². The van der Waals surface area contributed by atoms with Gasteiger partial charge in [0.1, 0.15) is 9.84 Å². The maximum Gasteiger partial charge on any atom is 0.148 e. The minimum Gasteiger partial charge on any atom is -0.313 e. The zero-order valence-electron chi connectivity index (χ0n) is 9.70. The summed E-state index contributed by atoms with van der Waals surface area (Å²) in [5.74, 6) is 0.249. The second kappa shape index (κ2) is 5.82. The molecule has 0 aromatic heterocycles. The molecule has 0 aromatic rings. The van der Waals surface area contributed by atoms with Crippen molar-refractivity contribution in [2.45, 2.75) is 25.3 Å². The summed E-state index contributed by atoms with van der Waals surface area (Å²) in [4.78, 5) is 2.33. The Kier molecular flexibility index (Phi) is 5.02. The third-order valence-electron chi connectivity index (χ3n) is 2.86. The molecule has 1 heterocycles. The molecule has 0 saturated carbocycles. The maximum atomic E-state index is 10.9. The largest absolute Gasteiger partial charge is 0.313 e. The van der Waals surface area contributed by atoms with Crippen LogP contribution in [0.15, 0.2) is 0 Å². The molecule has 4 nitrogen and oxygen atoms in total. The van der Waals surface area contributed by atoms with Gasteiger partial charge in [-0.1, -0.05) is 0 Å². The minimum absolute atomic E-state index is 0.249. The molecule has 5 heteroatoms. The fraction of sp³-hybridized carbons (Fsp3) is 1.00. The maximum absolute atomic E-state index is 10.9. The number of likely N-dealkylation sites (tertiary alicyclic amines) is 1. The summed E-state index contributed by atoms with van der Waals surface area (Å²) in [6.07, 6.45) is 4.77. The van der Waals surface area contributed by atoms with Gasteiger partial charge >= 0.3 is 0 Å². The van der Waals surface area contributed by atoms with E-state index in [1.54, 1.807) is 0 Å². The molecule has 90 valence electrons. The average molecular weight is 234 g/mol. The predicted molar refractivity (Wildman–Crippen MR) is 62.8 cm³/mol. The van der Waals surface area contributed by atoms with Gasteiger partial charge in [0.15, 0.2) is 0 Å². The molecule has 0 spiro atoms. The molecule has 0 aliphatic carbocycles. The molecule has 1 N–H and O–H groups in total. The van der Waals surface area contributed by atoms with Crippen molar-refractivity contribution in [2.24, 2.45) is 0 Å². The summed E-state index contributed by atoms with van der Waals surface area (Å²) in [5.41, 5.74) is 0. The van der Waals surface area contributed by atoms with Crippen LogP contribution in [0.2, 0.25) is 0 Å². The number of hydrogen-bond acceptors (Lipinski definition) is 4. The molecular weight excluding hydrogens is 212 g/mol. The Labute approximate surface area is 93.0 Å². The average Bonchev–Trinajstić information content (AvgIpc) is 2.29. The molecule has 0 amide bonds. The first-order chi connectivity index (χ1) is 6.97. The van der Waals surface area contributed by atoms with Gasteiger partial charge in [0.05, 0.1) is 5.75 Å². The molecule has 1 saturated heterocycles. The van der Waals surface area contributed by atoms with Crippen molar-refractivity contribution in [3.05, 3.63) is 0 Å². The first-order valence-electron chi connectivity index (χ1n) is 5.57. The van der Waals surface area contributed by atoms with Gasteiger partial charge in [0, 0.05) is 18.8 Å². The lowest BCUT2D eigenvalue weighted by Gasteiger charge is -2.16. The van der Waals surface area contributed by atoms with Gasteiger partial charge in [-0.15, -0.1) is 0 Å². The van der Waals surface area contributed by atoms with Crippen LogP contribution < -0.4 is 5.32 Å². The van der Waals surface area contributed by atoms with Gasteiger partial charge < -0.3 is 10.2 Å². The summed E-state index contributed by atoms with van der Waals surface area (Å²) < 4.78 is 21.9. The Bertz CT molecular complexity index is 277. The van der Waals surface area contributed by atoms with E-state index >= 15 is 0 Å². The molecule has 1 aliphatic heterocycles. The van der Waals surface area contributed by atoms with Crippen LogP contribution in [-0.4, -0.2) is 58.1 Å². The lowest BCUT2D eigenvalue weighted by atomic mass is 10.1. The highest BCUT2D eigenvalue weighted by atomic mass is 32.2. The van der Waals surface area contributed by atoms with Crippen LogP contribution in [0, 0.1) is 0 Å². The van der Waals surface area contributed by atoms with Gasteiger partial charge in [-0.05, 0) is 39.4 Å². The SMILES string of the molecule is CN1CCCC(NCCS(C)(=O)=O)CC1. The summed E-state index contributed by atoms with van der Waals surface area (Å²) >= 11 is 0. The summed E-state index contributed by atoms with van der Waals surface area (Å²) in [5, 5.41) is 3.33. The number of sulfone groups is 1. The Morgan fingerprint density at radius 2 is 2.07 bits per heavy atom. The Hall–Kier alpha value is -0.130. The predicted octanol–water partition coefficient (Wildman–Crippen LogP) is 0.105. The van der Waals surface area contributed by atoms with E-state index in [1.807, 2.05) is 0 Å². The third kappa shape index (κ3) is 6.12. The summed E-state index contributed by atoms with van der Waals surface area (Å²) in [6.45, 7) is 2.86. The molecule has 1 unspecified atom stereocenters. The number of nitrogens with zero attached hydrogens (tertiary/aromatic N) is 1. The fourth-order valence-corrected chi connectivity index (χ4v) is 2.38. The molecule has 0 aromatic carbocycles. The second-order valence-electron chi connectivity index (χ2n) is 4.52. The van der Waals surface area contributed by atoms with Crippen LogP contribution in [0.1, 0.15) is 19.3 Å². The molecular formula is C10H22N2O2S. The second-order valence-corrected chi connectivity index (χ2v) is 6.77. The zero-order valence-corrected chi connectivity index (χ0v) is 10.5. The van der Waals surface area contributed by atoms with Crippen LogP contribution in [-0.2, 0) is 9.84 Å². The monoisotopic (exact) mass is 234 g/mol. The van der Waals surface area contributed by atoms with Crippen LogP contribution in [0.25, 0.3) is 0 Å². The van der Waals surface area contributed by atoms with E-state index in [-0.39, 0.29) is 5.75 Å². The number of rotatable bonds is 4. The lowest BCUT2D eigenvalue weighted by molar-refractivity contribution is 0.344. The first-order valence-corrected chi connectivity index (χ1v) is 7.63. The van der Waals surface area contributed by atoms with Crippen molar-refractivity contribution in [1.29, 1.82) is 0 Å². The Balaban J connectivity index is 2.21. The van der Waals surface area contributed by atoms with E-state index < -0.39 is 9.84 Å². The van der Waals surface area contributed by atoms with Gasteiger partial charge in [-0.2, -0.15) is 0 Å². The summed E-state index contributed by atoms with van der Waals surface area (Å²) in [7, 11) is -0.680. The van der Waals surface area contributed by atoms with Crippen LogP contribution in [0.4, 0.5) is 0 Å². The highest BCUT2D eigenvalue weighted by Crippen LogP contribution is 2.09. The topological polar surface area (TPSA) is 49.4 Å². The third-order valence-corrected chi connectivity index (χ3v) is 3.80. The Morgan fingerprint density at radius 3 is 2.73 bits per heavy atom. The minimum atomic E-state index is -2.82. The normalized spacial score (nSPS) is 25.1. The van der Waals surface area contributed by atoms with Crippen molar-refractivity contribution >= 4 is 9.84 Å². The zero-order chi connectivity index (χ0) is 11.3. The van der Waals surface area contributed by atoms with Crippen molar-refractivity contribution in [1.82, 2.24) is 10.2 Å². The van der Waals surface area contributed by atoms with Gasteiger partial charge in [-0.25, -0.2) is 8.42 Å². The standard InChI is InChI=1S/C10H22N2O2S/c1-12-7-3-4-10(5-8-12)11-6-9-15(2,13)14/h10-11H,3-9H2,1-2H3. The van der Waals surface area contributed by atoms with Crippen molar-refractivity contribution in [2.75, 3.05) is 38.7 Å². The molecule has 0 bridgehead atoms. The smallest absolute Gasteiger partial charge is 0.148 e. The van der Waals surface area contributed by atoms with Crippen molar-refractivity contribution in [3.8, 4) is 0 Å². The van der Waals surface area contributed by atoms with Crippen molar-refractivity contribution in [3.63, 3.8) is 0 Å². The molecule has 15 heavy (non-hydrogen) atoms. The van der Waals surface area contributed by atoms with Gasteiger partial charge in [0.25, 0.3) is 0 Å². The number of nitrogens with one attached hydrogen (secondary N) is 1. The van der Waals surface area contributed by atoms with E-state index in [0.717, 1.165) is 25.9 Å². The van der Waals surface area contributed by atoms with E-state index in [4.69, 9.17) is 0 Å².